The van der Waals surface area contributed by atoms with Crippen molar-refractivity contribution in [2.45, 2.75) is 0 Å². The van der Waals surface area contributed by atoms with Crippen molar-refractivity contribution in [1.29, 1.82) is 0 Å². The fourth-order valence-electron chi connectivity index (χ4n) is 4.09. The minimum Gasteiger partial charge on any atom is -0.282 e. The summed E-state index contributed by atoms with van der Waals surface area (Å²) in [6, 6.07) is 30.8. The Morgan fingerprint density at radius 2 is 1.37 bits per heavy atom. The molecule has 4 aromatic carbocycles. The lowest BCUT2D eigenvalue weighted by Gasteiger charge is -2.02. The Kier molecular flexibility index (Phi) is 3.37. The van der Waals surface area contributed by atoms with Gasteiger partial charge in [0.2, 0.25) is 0 Å². The number of para-hydroxylation sites is 1. The highest BCUT2D eigenvalue weighted by molar-refractivity contribution is 14.1. The Labute approximate surface area is 174 Å². The molecule has 0 aliphatic heterocycles. The zero-order valence-corrected chi connectivity index (χ0v) is 17.3. The van der Waals surface area contributed by atoms with Crippen LogP contribution < -0.4 is 0 Å². The van der Waals surface area contributed by atoms with Crippen molar-refractivity contribution >= 4 is 76.2 Å². The summed E-state index contributed by atoms with van der Waals surface area (Å²) in [5, 5.41) is 5.44. The van der Waals surface area contributed by atoms with Gasteiger partial charge in [0.15, 0.2) is 0 Å². The molecule has 0 fully saturated rings. The molecule has 2 heterocycles. The maximum atomic E-state index is 2.42. The van der Waals surface area contributed by atoms with E-state index in [1.54, 1.807) is 0 Å². The molecule has 0 aliphatic rings. The number of rotatable bonds is 1. The first-order valence-corrected chi connectivity index (χ1v) is 10.7. The minimum atomic E-state index is 1.27. The van der Waals surface area contributed by atoms with E-state index in [-0.39, 0.29) is 0 Å². The fraction of sp³-hybridized carbons (Fsp3) is 0. The van der Waals surface area contributed by atoms with Gasteiger partial charge < -0.3 is 0 Å². The SMILES string of the molecule is In1c2ccccc2c2c3c(ccc21)sc1ccc(-c2ccccc2)cc13. The average molecular weight is 475 g/mol. The number of benzene rings is 4. The van der Waals surface area contributed by atoms with Crippen LogP contribution >= 0.6 is 34.2 Å². The molecule has 0 saturated heterocycles. The van der Waals surface area contributed by atoms with E-state index in [0.717, 1.165) is 0 Å². The maximum Gasteiger partial charge on any atom is 0.0646 e. The Balaban J connectivity index is 1.81. The van der Waals surface area contributed by atoms with Crippen molar-refractivity contribution in [3.05, 3.63) is 84.9 Å². The molecule has 0 spiro atoms. The summed E-state index contributed by atoms with van der Waals surface area (Å²) >= 11 is 4.31. The Bertz CT molecular complexity index is 1470. The predicted octanol–water partition coefficient (Wildman–Crippen LogP) is 8.03. The molecule has 0 saturated carbocycles. The van der Waals surface area contributed by atoms with Crippen molar-refractivity contribution in [3.8, 4) is 11.1 Å². The van der Waals surface area contributed by atoms with Gasteiger partial charge >= 0.3 is 0 Å². The molecule has 0 atom stereocenters. The predicted molar refractivity (Wildman–Crippen MR) is 127 cm³/mol. The first-order valence-electron chi connectivity index (χ1n) is 8.91. The molecule has 0 aliphatic carbocycles. The van der Waals surface area contributed by atoms with Crippen LogP contribution in [0, 0.1) is 0 Å². The number of hydrogen-bond donors (Lipinski definition) is 0. The van der Waals surface area contributed by atoms with Gasteiger partial charge in [-0.25, -0.2) is 0 Å². The molecule has 3 heteroatoms. The van der Waals surface area contributed by atoms with E-state index < -0.39 is 0 Å². The van der Waals surface area contributed by atoms with Crippen LogP contribution in [0.5, 0.6) is 0 Å². The standard InChI is InChI=1S/C24H14INS/c25-26-19-9-5-4-8-17(19)23-20(26)11-13-22-24(23)18-14-16(10-12-21(18)27-22)15-6-2-1-3-7-15/h1-14H. The summed E-state index contributed by atoms with van der Waals surface area (Å²) < 4.78 is 4.99. The van der Waals surface area contributed by atoms with E-state index in [2.05, 4.69) is 111 Å². The van der Waals surface area contributed by atoms with Gasteiger partial charge in [-0.05, 0) is 41.5 Å². The monoisotopic (exact) mass is 475 g/mol. The minimum absolute atomic E-state index is 1.27. The van der Waals surface area contributed by atoms with E-state index >= 15 is 0 Å². The van der Waals surface area contributed by atoms with Gasteiger partial charge in [-0.2, -0.15) is 0 Å². The first kappa shape index (κ1) is 15.7. The second kappa shape index (κ2) is 5.81. The van der Waals surface area contributed by atoms with E-state index in [9.17, 15) is 0 Å². The van der Waals surface area contributed by atoms with E-state index in [1.165, 1.54) is 53.1 Å². The third-order valence-corrected chi connectivity index (χ3v) is 7.49. The van der Waals surface area contributed by atoms with Crippen LogP contribution in [-0.2, 0) is 0 Å². The third kappa shape index (κ3) is 2.22. The number of fused-ring (bicyclic) bond motifs is 7. The highest BCUT2D eigenvalue weighted by Gasteiger charge is 2.16. The molecule has 1 nitrogen and oxygen atoms in total. The van der Waals surface area contributed by atoms with Crippen LogP contribution in [-0.4, -0.2) is 2.78 Å². The molecule has 6 aromatic rings. The Morgan fingerprint density at radius 1 is 0.593 bits per heavy atom. The molecule has 2 aromatic heterocycles. The highest BCUT2D eigenvalue weighted by atomic mass is 127. The zero-order chi connectivity index (χ0) is 18.0. The van der Waals surface area contributed by atoms with Gasteiger partial charge in [-0.3, -0.25) is 2.78 Å². The highest BCUT2D eigenvalue weighted by Crippen LogP contribution is 2.43. The Morgan fingerprint density at radius 3 is 2.26 bits per heavy atom. The lowest BCUT2D eigenvalue weighted by molar-refractivity contribution is 1.50. The summed E-state index contributed by atoms with van der Waals surface area (Å²) in [6.07, 6.45) is 0. The van der Waals surface area contributed by atoms with Crippen molar-refractivity contribution in [2.24, 2.45) is 0 Å². The van der Waals surface area contributed by atoms with Crippen molar-refractivity contribution < 1.29 is 0 Å². The molecule has 6 rings (SSSR count). The van der Waals surface area contributed by atoms with Crippen LogP contribution in [0.3, 0.4) is 0 Å². The molecule has 128 valence electrons. The van der Waals surface area contributed by atoms with E-state index in [4.69, 9.17) is 0 Å². The smallest absolute Gasteiger partial charge is 0.0646 e. The van der Waals surface area contributed by atoms with Crippen molar-refractivity contribution in [2.75, 3.05) is 0 Å². The maximum absolute atomic E-state index is 2.42. The van der Waals surface area contributed by atoms with E-state index in [1.807, 2.05) is 11.3 Å². The summed E-state index contributed by atoms with van der Waals surface area (Å²) in [5.74, 6) is 0. The lowest BCUT2D eigenvalue weighted by Crippen LogP contribution is -1.78. The number of thiophene rings is 1. The Hall–Kier alpha value is -2.37. The van der Waals surface area contributed by atoms with E-state index in [0.29, 0.717) is 0 Å². The lowest BCUT2D eigenvalue weighted by atomic mass is 10.0. The number of halogens is 1. The largest absolute Gasteiger partial charge is 0.282 e. The van der Waals surface area contributed by atoms with Gasteiger partial charge in [0, 0.05) is 30.9 Å². The van der Waals surface area contributed by atoms with Crippen LogP contribution in [0.15, 0.2) is 84.9 Å². The third-order valence-electron chi connectivity index (χ3n) is 5.32. The van der Waals surface area contributed by atoms with Gasteiger partial charge in [0.25, 0.3) is 0 Å². The van der Waals surface area contributed by atoms with Crippen LogP contribution in [0.25, 0.3) is 53.1 Å². The number of nitrogens with zero attached hydrogens (tertiary/aromatic N) is 1. The van der Waals surface area contributed by atoms with Gasteiger partial charge in [0.05, 0.1) is 33.9 Å². The van der Waals surface area contributed by atoms with Gasteiger partial charge in [-0.15, -0.1) is 11.3 Å². The number of hydrogen-bond acceptors (Lipinski definition) is 1. The first-order chi connectivity index (χ1) is 13.3. The topological polar surface area (TPSA) is 4.93 Å². The summed E-state index contributed by atoms with van der Waals surface area (Å²) in [4.78, 5) is 0. The van der Waals surface area contributed by atoms with Gasteiger partial charge in [-0.1, -0.05) is 54.6 Å². The summed E-state index contributed by atoms with van der Waals surface area (Å²) in [6.45, 7) is 0. The fourth-order valence-corrected chi connectivity index (χ4v) is 6.01. The van der Waals surface area contributed by atoms with Crippen molar-refractivity contribution in [3.63, 3.8) is 0 Å². The second-order valence-electron chi connectivity index (χ2n) is 6.81. The molecular formula is C24H14INS. The van der Waals surface area contributed by atoms with Crippen LogP contribution in [0.4, 0.5) is 0 Å². The van der Waals surface area contributed by atoms with Crippen LogP contribution in [0.2, 0.25) is 0 Å². The zero-order valence-electron chi connectivity index (χ0n) is 14.3. The molecule has 0 radical (unpaired) electrons. The quantitative estimate of drug-likeness (QED) is 0.212. The average Bonchev–Trinajstić information content (AvgIpc) is 3.24. The summed E-state index contributed by atoms with van der Waals surface area (Å²) in [5.41, 5.74) is 5.11. The normalized spacial score (nSPS) is 11.9. The molecule has 0 unspecified atom stereocenters. The molecule has 27 heavy (non-hydrogen) atoms. The second-order valence-corrected chi connectivity index (χ2v) is 8.86. The molecule has 0 amide bonds. The summed E-state index contributed by atoms with van der Waals surface area (Å²) in [7, 11) is 0. The molecule has 0 bridgehead atoms. The van der Waals surface area contributed by atoms with Crippen molar-refractivity contribution in [1.82, 2.24) is 2.78 Å². The van der Waals surface area contributed by atoms with Crippen LogP contribution in [0.1, 0.15) is 0 Å². The number of aromatic nitrogens is 1. The van der Waals surface area contributed by atoms with Gasteiger partial charge in [0.1, 0.15) is 0 Å². The molecular weight excluding hydrogens is 461 g/mol. The molecule has 0 N–H and O–H groups in total.